The van der Waals surface area contributed by atoms with Gasteiger partial charge in [0.1, 0.15) is 6.61 Å². The van der Waals surface area contributed by atoms with E-state index in [1.54, 1.807) is 19.5 Å². The van der Waals surface area contributed by atoms with Crippen LogP contribution in [0, 0.1) is 5.41 Å². The molecule has 1 aliphatic heterocycles. The molecular formula is C21H29N3O2. The molecule has 2 heterocycles. The van der Waals surface area contributed by atoms with Gasteiger partial charge >= 0.3 is 0 Å². The van der Waals surface area contributed by atoms with Gasteiger partial charge in [-0.25, -0.2) is 0 Å². The van der Waals surface area contributed by atoms with Crippen LogP contribution in [-0.4, -0.2) is 36.1 Å². The zero-order valence-electron chi connectivity index (χ0n) is 15.9. The normalized spacial score (nSPS) is 19.9. The number of aromatic nitrogens is 1. The average molecular weight is 355 g/mol. The molecule has 1 aromatic carbocycles. The van der Waals surface area contributed by atoms with Crippen molar-refractivity contribution >= 4 is 0 Å². The number of likely N-dealkylation sites (tertiary alicyclic amines) is 1. The second kappa shape index (κ2) is 8.06. The van der Waals surface area contributed by atoms with Crippen LogP contribution in [0.15, 0.2) is 42.7 Å². The van der Waals surface area contributed by atoms with E-state index in [1.807, 2.05) is 18.2 Å². The molecule has 3 rings (SSSR count). The SMILES string of the molecule is COc1cc(CN2CCC(N)C(C)(C)C2)ccc1OCc1ccncc1. The number of hydrogen-bond donors (Lipinski definition) is 1. The van der Waals surface area contributed by atoms with Gasteiger partial charge in [0.15, 0.2) is 11.5 Å². The molecule has 1 atom stereocenters. The van der Waals surface area contributed by atoms with Crippen LogP contribution in [0.5, 0.6) is 11.5 Å². The molecule has 5 heteroatoms. The molecular weight excluding hydrogens is 326 g/mol. The Morgan fingerprint density at radius 3 is 2.62 bits per heavy atom. The van der Waals surface area contributed by atoms with Gasteiger partial charge < -0.3 is 15.2 Å². The van der Waals surface area contributed by atoms with Crippen molar-refractivity contribution in [1.82, 2.24) is 9.88 Å². The molecule has 0 aliphatic carbocycles. The molecule has 0 radical (unpaired) electrons. The van der Waals surface area contributed by atoms with E-state index in [4.69, 9.17) is 15.2 Å². The number of rotatable bonds is 6. The lowest BCUT2D eigenvalue weighted by molar-refractivity contribution is 0.0898. The van der Waals surface area contributed by atoms with Crippen molar-refractivity contribution in [2.24, 2.45) is 11.1 Å². The van der Waals surface area contributed by atoms with Crippen LogP contribution in [-0.2, 0) is 13.2 Å². The van der Waals surface area contributed by atoms with Crippen molar-refractivity contribution in [1.29, 1.82) is 0 Å². The third-order valence-electron chi connectivity index (χ3n) is 5.17. The third kappa shape index (κ3) is 4.54. The lowest BCUT2D eigenvalue weighted by Crippen LogP contribution is -2.52. The maximum absolute atomic E-state index is 6.25. The van der Waals surface area contributed by atoms with Crippen LogP contribution in [0.25, 0.3) is 0 Å². The molecule has 0 bridgehead atoms. The van der Waals surface area contributed by atoms with E-state index in [2.05, 4.69) is 35.9 Å². The first kappa shape index (κ1) is 18.7. The molecule has 26 heavy (non-hydrogen) atoms. The van der Waals surface area contributed by atoms with E-state index >= 15 is 0 Å². The number of piperidine rings is 1. The monoisotopic (exact) mass is 355 g/mol. The fraction of sp³-hybridized carbons (Fsp3) is 0.476. The van der Waals surface area contributed by atoms with Crippen molar-refractivity contribution in [2.45, 2.75) is 39.5 Å². The maximum Gasteiger partial charge on any atom is 0.161 e. The predicted molar refractivity (Wildman–Crippen MR) is 103 cm³/mol. The van der Waals surface area contributed by atoms with Gasteiger partial charge in [-0.05, 0) is 47.2 Å². The van der Waals surface area contributed by atoms with Gasteiger partial charge in [-0.2, -0.15) is 0 Å². The summed E-state index contributed by atoms with van der Waals surface area (Å²) in [4.78, 5) is 6.49. The zero-order chi connectivity index (χ0) is 18.6. The van der Waals surface area contributed by atoms with E-state index in [1.165, 1.54) is 5.56 Å². The molecule has 0 amide bonds. The van der Waals surface area contributed by atoms with Gasteiger partial charge in [0, 0.05) is 38.1 Å². The van der Waals surface area contributed by atoms with Crippen molar-refractivity contribution in [3.63, 3.8) is 0 Å². The lowest BCUT2D eigenvalue weighted by Gasteiger charge is -2.42. The third-order valence-corrected chi connectivity index (χ3v) is 5.17. The second-order valence-corrected chi connectivity index (χ2v) is 7.72. The molecule has 0 spiro atoms. The summed E-state index contributed by atoms with van der Waals surface area (Å²) in [7, 11) is 1.68. The first-order chi connectivity index (χ1) is 12.5. The number of benzene rings is 1. The van der Waals surface area contributed by atoms with Crippen LogP contribution >= 0.6 is 0 Å². The molecule has 1 aliphatic rings. The van der Waals surface area contributed by atoms with Gasteiger partial charge in [-0.1, -0.05) is 19.9 Å². The fourth-order valence-electron chi connectivity index (χ4n) is 3.45. The van der Waals surface area contributed by atoms with E-state index in [0.29, 0.717) is 6.61 Å². The van der Waals surface area contributed by atoms with Gasteiger partial charge in [0.05, 0.1) is 7.11 Å². The number of nitrogens with two attached hydrogens (primary N) is 1. The molecule has 140 valence electrons. The molecule has 2 N–H and O–H groups in total. The minimum absolute atomic E-state index is 0.149. The highest BCUT2D eigenvalue weighted by atomic mass is 16.5. The number of methoxy groups -OCH3 is 1. The summed E-state index contributed by atoms with van der Waals surface area (Å²) in [5.74, 6) is 1.53. The Bertz CT molecular complexity index is 718. The number of ether oxygens (including phenoxy) is 2. The Morgan fingerprint density at radius 1 is 1.15 bits per heavy atom. The maximum atomic E-state index is 6.25. The van der Waals surface area contributed by atoms with E-state index in [9.17, 15) is 0 Å². The standard InChI is InChI=1S/C21H29N3O2/c1-21(2)15-24(11-8-20(21)22)13-17-4-5-18(19(12-17)25-3)26-14-16-6-9-23-10-7-16/h4-7,9-10,12,20H,8,11,13-15,22H2,1-3H3. The van der Waals surface area contributed by atoms with E-state index in [-0.39, 0.29) is 11.5 Å². The summed E-state index contributed by atoms with van der Waals surface area (Å²) in [6.45, 7) is 7.94. The number of nitrogens with zero attached hydrogens (tertiary/aromatic N) is 2. The highest BCUT2D eigenvalue weighted by molar-refractivity contribution is 5.43. The fourth-order valence-corrected chi connectivity index (χ4v) is 3.45. The van der Waals surface area contributed by atoms with E-state index in [0.717, 1.165) is 43.1 Å². The summed E-state index contributed by atoms with van der Waals surface area (Å²) in [6.07, 6.45) is 4.58. The highest BCUT2D eigenvalue weighted by Gasteiger charge is 2.33. The minimum Gasteiger partial charge on any atom is -0.493 e. The Kier molecular flexibility index (Phi) is 5.79. The smallest absolute Gasteiger partial charge is 0.161 e. The Hall–Kier alpha value is -2.11. The summed E-state index contributed by atoms with van der Waals surface area (Å²) < 4.78 is 11.5. The van der Waals surface area contributed by atoms with Gasteiger partial charge in [-0.15, -0.1) is 0 Å². The summed E-state index contributed by atoms with van der Waals surface area (Å²) in [6, 6.07) is 10.4. The topological polar surface area (TPSA) is 60.6 Å². The predicted octanol–water partition coefficient (Wildman–Crippen LogP) is 3.23. The zero-order valence-corrected chi connectivity index (χ0v) is 15.9. The Labute approximate surface area is 156 Å². The van der Waals surface area contributed by atoms with E-state index < -0.39 is 0 Å². The van der Waals surface area contributed by atoms with Crippen LogP contribution in [0.3, 0.4) is 0 Å². The molecule has 1 saturated heterocycles. The highest BCUT2D eigenvalue weighted by Crippen LogP contribution is 2.32. The summed E-state index contributed by atoms with van der Waals surface area (Å²) >= 11 is 0. The Morgan fingerprint density at radius 2 is 1.92 bits per heavy atom. The molecule has 1 fully saturated rings. The first-order valence-electron chi connectivity index (χ1n) is 9.14. The van der Waals surface area contributed by atoms with Gasteiger partial charge in [-0.3, -0.25) is 9.88 Å². The summed E-state index contributed by atoms with van der Waals surface area (Å²) in [5, 5.41) is 0. The van der Waals surface area contributed by atoms with Crippen LogP contribution < -0.4 is 15.2 Å². The van der Waals surface area contributed by atoms with Crippen molar-refractivity contribution in [3.05, 3.63) is 53.9 Å². The summed E-state index contributed by atoms with van der Waals surface area (Å²) in [5.41, 5.74) is 8.70. The molecule has 1 aromatic heterocycles. The molecule has 5 nitrogen and oxygen atoms in total. The first-order valence-corrected chi connectivity index (χ1v) is 9.14. The van der Waals surface area contributed by atoms with Crippen molar-refractivity contribution in [3.8, 4) is 11.5 Å². The molecule has 2 aromatic rings. The molecule has 1 unspecified atom stereocenters. The van der Waals surface area contributed by atoms with Gasteiger partial charge in [0.25, 0.3) is 0 Å². The second-order valence-electron chi connectivity index (χ2n) is 7.72. The van der Waals surface area contributed by atoms with Crippen molar-refractivity contribution < 1.29 is 9.47 Å². The Balaban J connectivity index is 1.65. The van der Waals surface area contributed by atoms with Crippen LogP contribution in [0.1, 0.15) is 31.4 Å². The number of hydrogen-bond acceptors (Lipinski definition) is 5. The van der Waals surface area contributed by atoms with Crippen molar-refractivity contribution in [2.75, 3.05) is 20.2 Å². The largest absolute Gasteiger partial charge is 0.493 e. The van der Waals surface area contributed by atoms with Crippen LogP contribution in [0.4, 0.5) is 0 Å². The quantitative estimate of drug-likeness (QED) is 0.862. The lowest BCUT2D eigenvalue weighted by atomic mass is 9.79. The average Bonchev–Trinajstić information content (AvgIpc) is 2.64. The number of pyridine rings is 1. The van der Waals surface area contributed by atoms with Gasteiger partial charge in [0.2, 0.25) is 0 Å². The minimum atomic E-state index is 0.149. The van der Waals surface area contributed by atoms with Crippen LogP contribution in [0.2, 0.25) is 0 Å². The molecule has 0 saturated carbocycles.